The first-order chi connectivity index (χ1) is 12.9. The van der Waals surface area contributed by atoms with Crippen LogP contribution in [-0.2, 0) is 16.1 Å². The molecule has 0 saturated carbocycles. The maximum Gasteiger partial charge on any atom is 0.341 e. The van der Waals surface area contributed by atoms with Crippen LogP contribution in [0.3, 0.4) is 0 Å². The van der Waals surface area contributed by atoms with Crippen LogP contribution in [0.5, 0.6) is 5.75 Å². The van der Waals surface area contributed by atoms with Crippen molar-refractivity contribution in [3.8, 4) is 5.75 Å². The summed E-state index contributed by atoms with van der Waals surface area (Å²) in [5, 5.41) is 8.42. The van der Waals surface area contributed by atoms with Crippen molar-refractivity contribution in [1.29, 1.82) is 0 Å². The largest absolute Gasteiger partial charge is 0.481 e. The van der Waals surface area contributed by atoms with Crippen molar-refractivity contribution >= 4 is 50.9 Å². The molecule has 3 rings (SSSR count). The molecule has 1 aromatic heterocycles. The molecule has 138 valence electrons. The Morgan fingerprint density at radius 3 is 2.85 bits per heavy atom. The SMILES string of the molecule is O=C(O)COc1ccc(Br)cc1/C=C1\SC(=O)N(Cc2cccnc2)C1=O. The van der Waals surface area contributed by atoms with Crippen LogP contribution < -0.4 is 4.74 Å². The average Bonchev–Trinajstić information content (AvgIpc) is 2.89. The molecule has 0 aliphatic carbocycles. The number of carbonyl (C=O) groups is 3. The molecule has 1 N–H and O–H groups in total. The first-order valence-electron chi connectivity index (χ1n) is 7.72. The Morgan fingerprint density at radius 1 is 1.33 bits per heavy atom. The smallest absolute Gasteiger partial charge is 0.341 e. The lowest BCUT2D eigenvalue weighted by molar-refractivity contribution is -0.139. The van der Waals surface area contributed by atoms with Gasteiger partial charge in [0, 0.05) is 22.4 Å². The number of hydrogen-bond acceptors (Lipinski definition) is 6. The monoisotopic (exact) mass is 448 g/mol. The number of ether oxygens (including phenoxy) is 1. The molecule has 2 heterocycles. The zero-order valence-electron chi connectivity index (χ0n) is 13.8. The van der Waals surface area contributed by atoms with Crippen molar-refractivity contribution in [2.24, 2.45) is 0 Å². The van der Waals surface area contributed by atoms with Crippen molar-refractivity contribution in [3.05, 3.63) is 63.2 Å². The van der Waals surface area contributed by atoms with E-state index in [9.17, 15) is 14.4 Å². The maximum atomic E-state index is 12.6. The summed E-state index contributed by atoms with van der Waals surface area (Å²) in [7, 11) is 0. The molecule has 2 amide bonds. The van der Waals surface area contributed by atoms with Crippen molar-refractivity contribution < 1.29 is 24.2 Å². The Hall–Kier alpha value is -2.65. The summed E-state index contributed by atoms with van der Waals surface area (Å²) >= 11 is 4.16. The fourth-order valence-electron chi connectivity index (χ4n) is 2.35. The highest BCUT2D eigenvalue weighted by Crippen LogP contribution is 2.35. The molecule has 1 saturated heterocycles. The number of aromatic nitrogens is 1. The number of amides is 2. The third-order valence-corrected chi connectivity index (χ3v) is 4.95. The number of carbonyl (C=O) groups excluding carboxylic acids is 2. The third kappa shape index (κ3) is 4.75. The number of pyridine rings is 1. The van der Waals surface area contributed by atoms with Crippen LogP contribution in [0.2, 0.25) is 0 Å². The van der Waals surface area contributed by atoms with E-state index in [1.54, 1.807) is 42.7 Å². The number of aliphatic carboxylic acids is 1. The lowest BCUT2D eigenvalue weighted by atomic mass is 10.2. The first kappa shape index (κ1) is 19.1. The van der Waals surface area contributed by atoms with Crippen LogP contribution in [-0.4, -0.2) is 38.7 Å². The molecule has 0 atom stereocenters. The highest BCUT2D eigenvalue weighted by molar-refractivity contribution is 9.10. The van der Waals surface area contributed by atoms with Gasteiger partial charge in [0.1, 0.15) is 5.75 Å². The summed E-state index contributed by atoms with van der Waals surface area (Å²) in [5.41, 5.74) is 1.24. The van der Waals surface area contributed by atoms with Gasteiger partial charge >= 0.3 is 5.97 Å². The molecule has 0 spiro atoms. The molecule has 2 aromatic rings. The van der Waals surface area contributed by atoms with Crippen LogP contribution in [0.1, 0.15) is 11.1 Å². The number of benzene rings is 1. The van der Waals surface area contributed by atoms with Crippen LogP contribution in [0.15, 0.2) is 52.1 Å². The Balaban J connectivity index is 1.85. The summed E-state index contributed by atoms with van der Waals surface area (Å²) in [6, 6.07) is 8.50. The van der Waals surface area contributed by atoms with Gasteiger partial charge in [0.05, 0.1) is 11.4 Å². The number of carboxylic acid groups (broad SMARTS) is 1. The summed E-state index contributed by atoms with van der Waals surface area (Å²) < 4.78 is 5.98. The molecule has 1 aromatic carbocycles. The third-order valence-electron chi connectivity index (χ3n) is 3.55. The second-order valence-corrected chi connectivity index (χ2v) is 7.40. The van der Waals surface area contributed by atoms with E-state index >= 15 is 0 Å². The van der Waals surface area contributed by atoms with E-state index in [0.29, 0.717) is 11.3 Å². The predicted molar refractivity (Wildman–Crippen MR) is 103 cm³/mol. The molecule has 27 heavy (non-hydrogen) atoms. The number of carboxylic acids is 1. The van der Waals surface area contributed by atoms with E-state index in [2.05, 4.69) is 20.9 Å². The van der Waals surface area contributed by atoms with Crippen LogP contribution in [0.4, 0.5) is 4.79 Å². The lowest BCUT2D eigenvalue weighted by Gasteiger charge is -2.12. The zero-order valence-corrected chi connectivity index (χ0v) is 16.2. The molecule has 1 aliphatic rings. The number of thioether (sulfide) groups is 1. The van der Waals surface area contributed by atoms with Gasteiger partial charge in [-0.05, 0) is 47.7 Å². The van der Waals surface area contributed by atoms with Crippen molar-refractivity contribution in [2.75, 3.05) is 6.61 Å². The lowest BCUT2D eigenvalue weighted by Crippen LogP contribution is -2.27. The van der Waals surface area contributed by atoms with E-state index in [1.165, 1.54) is 6.08 Å². The summed E-state index contributed by atoms with van der Waals surface area (Å²) in [5.74, 6) is -1.22. The zero-order chi connectivity index (χ0) is 19.4. The van der Waals surface area contributed by atoms with Gasteiger partial charge in [-0.15, -0.1) is 0 Å². The average molecular weight is 449 g/mol. The Kier molecular flexibility index (Phi) is 5.92. The molecular formula is C18H13BrN2O5S. The highest BCUT2D eigenvalue weighted by Gasteiger charge is 2.35. The van der Waals surface area contributed by atoms with E-state index in [4.69, 9.17) is 9.84 Å². The van der Waals surface area contributed by atoms with Gasteiger partial charge in [-0.3, -0.25) is 19.5 Å². The highest BCUT2D eigenvalue weighted by atomic mass is 79.9. The number of halogens is 1. The Morgan fingerprint density at radius 2 is 2.15 bits per heavy atom. The van der Waals surface area contributed by atoms with Gasteiger partial charge in [-0.1, -0.05) is 22.0 Å². The molecule has 0 radical (unpaired) electrons. The van der Waals surface area contributed by atoms with Gasteiger partial charge < -0.3 is 9.84 Å². The predicted octanol–water partition coefficient (Wildman–Crippen LogP) is 3.54. The second kappa shape index (κ2) is 8.36. The molecule has 7 nitrogen and oxygen atoms in total. The molecule has 1 aliphatic heterocycles. The van der Waals surface area contributed by atoms with Crippen LogP contribution in [0.25, 0.3) is 6.08 Å². The molecular weight excluding hydrogens is 436 g/mol. The molecule has 0 unspecified atom stereocenters. The number of hydrogen-bond donors (Lipinski definition) is 1. The minimum atomic E-state index is -1.11. The van der Waals surface area contributed by atoms with Gasteiger partial charge in [-0.25, -0.2) is 4.79 Å². The summed E-state index contributed by atoms with van der Waals surface area (Å²) in [4.78, 5) is 41.0. The quantitative estimate of drug-likeness (QED) is 0.674. The van der Waals surface area contributed by atoms with Crippen LogP contribution >= 0.6 is 27.7 Å². The van der Waals surface area contributed by atoms with E-state index in [-0.39, 0.29) is 16.7 Å². The van der Waals surface area contributed by atoms with Crippen LogP contribution in [0, 0.1) is 0 Å². The van der Waals surface area contributed by atoms with Crippen molar-refractivity contribution in [1.82, 2.24) is 9.88 Å². The maximum absolute atomic E-state index is 12.6. The number of rotatable bonds is 6. The van der Waals surface area contributed by atoms with Gasteiger partial charge in [-0.2, -0.15) is 0 Å². The fraction of sp³-hybridized carbons (Fsp3) is 0.111. The fourth-order valence-corrected chi connectivity index (χ4v) is 3.56. The first-order valence-corrected chi connectivity index (χ1v) is 9.33. The summed E-state index contributed by atoms with van der Waals surface area (Å²) in [6.07, 6.45) is 4.73. The number of imide groups is 1. The number of nitrogens with zero attached hydrogens (tertiary/aromatic N) is 2. The van der Waals surface area contributed by atoms with Crippen molar-refractivity contribution in [2.45, 2.75) is 6.54 Å². The van der Waals surface area contributed by atoms with E-state index in [1.807, 2.05) is 0 Å². The molecule has 9 heteroatoms. The van der Waals surface area contributed by atoms with Gasteiger partial charge in [0.15, 0.2) is 6.61 Å². The second-order valence-electron chi connectivity index (χ2n) is 5.49. The van der Waals surface area contributed by atoms with E-state index in [0.717, 1.165) is 26.7 Å². The molecule has 0 bridgehead atoms. The standard InChI is InChI=1S/C18H13BrN2O5S/c19-13-3-4-14(26-10-16(22)23)12(6-13)7-15-17(24)21(18(25)27-15)9-11-2-1-5-20-8-11/h1-8H,9-10H2,(H,22,23)/b15-7-. The Labute approximate surface area is 167 Å². The normalized spacial score (nSPS) is 15.4. The van der Waals surface area contributed by atoms with Gasteiger partial charge in [0.25, 0.3) is 11.1 Å². The topological polar surface area (TPSA) is 96.8 Å². The summed E-state index contributed by atoms with van der Waals surface area (Å²) in [6.45, 7) is -0.373. The molecule has 1 fully saturated rings. The van der Waals surface area contributed by atoms with E-state index < -0.39 is 18.5 Å². The van der Waals surface area contributed by atoms with Gasteiger partial charge in [0.2, 0.25) is 0 Å². The Bertz CT molecular complexity index is 933. The van der Waals surface area contributed by atoms with Crippen molar-refractivity contribution in [3.63, 3.8) is 0 Å². The minimum absolute atomic E-state index is 0.136. The minimum Gasteiger partial charge on any atom is -0.481 e.